The Kier molecular flexibility index (Phi) is 3.76. The topological polar surface area (TPSA) is 96.9 Å². The Hall–Kier alpha value is -2.35. The summed E-state index contributed by atoms with van der Waals surface area (Å²) in [5, 5.41) is 15.1. The molecule has 1 N–H and O–H groups in total. The maximum absolute atomic E-state index is 13.0. The summed E-state index contributed by atoms with van der Waals surface area (Å²) in [6.45, 7) is 2.32. The van der Waals surface area contributed by atoms with Crippen molar-refractivity contribution in [1.82, 2.24) is 30.3 Å². The van der Waals surface area contributed by atoms with Gasteiger partial charge < -0.3 is 9.64 Å². The highest BCUT2D eigenvalue weighted by Gasteiger charge is 2.40. The largest absolute Gasteiger partial charge is 0.380 e. The van der Waals surface area contributed by atoms with E-state index in [1.807, 2.05) is 0 Å². The van der Waals surface area contributed by atoms with E-state index in [0.29, 0.717) is 30.1 Å². The number of likely N-dealkylation sites (tertiary alicyclic amines) is 1. The molecule has 0 radical (unpaired) electrons. The molecular formula is C16H20N6O2. The molecule has 0 unspecified atom stereocenters. The lowest BCUT2D eigenvalue weighted by molar-refractivity contribution is 0.0683. The predicted molar refractivity (Wildman–Crippen MR) is 84.3 cm³/mol. The molecule has 126 valence electrons. The number of aromatic nitrogens is 5. The number of rotatable bonds is 4. The minimum Gasteiger partial charge on any atom is -0.380 e. The first-order valence-electron chi connectivity index (χ1n) is 8.21. The average Bonchev–Trinajstić information content (AvgIpc) is 3.17. The predicted octanol–water partition coefficient (Wildman–Crippen LogP) is 1.38. The molecule has 2 atom stereocenters. The number of ether oxygens (including phenoxy) is 1. The molecule has 0 bridgehead atoms. The highest BCUT2D eigenvalue weighted by Crippen LogP contribution is 2.39. The number of methoxy groups -OCH3 is 1. The fourth-order valence-electron chi connectivity index (χ4n) is 3.20. The van der Waals surface area contributed by atoms with Crippen LogP contribution in [0.15, 0.2) is 12.3 Å². The Morgan fingerprint density at radius 2 is 2.25 bits per heavy atom. The Balaban J connectivity index is 1.63. The van der Waals surface area contributed by atoms with E-state index in [0.717, 1.165) is 24.5 Å². The summed E-state index contributed by atoms with van der Waals surface area (Å²) in [4.78, 5) is 19.4. The summed E-state index contributed by atoms with van der Waals surface area (Å²) in [5.41, 5.74) is 1.19. The number of aryl methyl sites for hydroxylation is 1. The van der Waals surface area contributed by atoms with Crippen LogP contribution in [-0.4, -0.2) is 55.9 Å². The number of H-pyrrole nitrogens is 1. The maximum atomic E-state index is 13.0. The number of hydrogen-bond donors (Lipinski definition) is 1. The fourth-order valence-corrected chi connectivity index (χ4v) is 3.20. The second-order valence-corrected chi connectivity index (χ2v) is 6.45. The van der Waals surface area contributed by atoms with Crippen molar-refractivity contribution in [3.63, 3.8) is 0 Å². The molecule has 3 heterocycles. The van der Waals surface area contributed by atoms with Gasteiger partial charge >= 0.3 is 0 Å². The van der Waals surface area contributed by atoms with Crippen LogP contribution in [0.1, 0.15) is 58.9 Å². The van der Waals surface area contributed by atoms with Crippen LogP contribution in [0.3, 0.4) is 0 Å². The summed E-state index contributed by atoms with van der Waals surface area (Å²) < 4.78 is 5.49. The zero-order chi connectivity index (χ0) is 16.7. The molecule has 2 aromatic rings. The van der Waals surface area contributed by atoms with Gasteiger partial charge in [0.1, 0.15) is 5.82 Å². The van der Waals surface area contributed by atoms with Crippen LogP contribution in [-0.2, 0) is 4.74 Å². The van der Waals surface area contributed by atoms with Crippen LogP contribution < -0.4 is 0 Å². The van der Waals surface area contributed by atoms with Crippen molar-refractivity contribution < 1.29 is 9.53 Å². The Bertz CT molecular complexity index is 757. The Labute approximate surface area is 139 Å². The van der Waals surface area contributed by atoms with Gasteiger partial charge in [-0.1, -0.05) is 0 Å². The molecule has 1 saturated heterocycles. The van der Waals surface area contributed by atoms with Gasteiger partial charge in [-0.15, -0.1) is 0 Å². The number of nitrogens with one attached hydrogen (secondary N) is 1. The minimum absolute atomic E-state index is 0.0106. The average molecular weight is 328 g/mol. The summed E-state index contributed by atoms with van der Waals surface area (Å²) in [6, 6.07) is 1.55. The molecule has 1 saturated carbocycles. The molecule has 4 rings (SSSR count). The van der Waals surface area contributed by atoms with E-state index in [1.165, 1.54) is 0 Å². The quantitative estimate of drug-likeness (QED) is 0.911. The van der Waals surface area contributed by atoms with Crippen molar-refractivity contribution in [2.75, 3.05) is 13.7 Å². The monoisotopic (exact) mass is 328 g/mol. The number of hydrogen-bond acceptors (Lipinski definition) is 6. The van der Waals surface area contributed by atoms with E-state index in [4.69, 9.17) is 4.74 Å². The highest BCUT2D eigenvalue weighted by molar-refractivity contribution is 5.95. The SMILES string of the molecule is CO[C@@H]1C[C@@H](c2nc(C3CC3)n[nH]2)N(C(=O)c2ccnnc2C)C1. The van der Waals surface area contributed by atoms with Gasteiger partial charge in [-0.05, 0) is 25.8 Å². The standard InChI is InChI=1S/C16H20N6O2/c1-9-12(5-6-17-19-9)16(23)22-8-11(24-2)7-13(22)15-18-14(20-21-15)10-3-4-10/h5-6,10-11,13H,3-4,7-8H2,1-2H3,(H,18,20,21)/t11-,13+/m1/s1. The first-order chi connectivity index (χ1) is 11.7. The second kappa shape index (κ2) is 5.94. The molecular weight excluding hydrogens is 308 g/mol. The van der Waals surface area contributed by atoms with Gasteiger partial charge in [0.25, 0.3) is 5.91 Å². The van der Waals surface area contributed by atoms with Gasteiger partial charge in [0.05, 0.1) is 29.6 Å². The number of nitrogens with zero attached hydrogens (tertiary/aromatic N) is 5. The number of amides is 1. The third kappa shape index (κ3) is 2.66. The van der Waals surface area contributed by atoms with Crippen molar-refractivity contribution in [2.45, 2.75) is 44.2 Å². The number of carbonyl (C=O) groups excluding carboxylic acids is 1. The Morgan fingerprint density at radius 3 is 2.96 bits per heavy atom. The van der Waals surface area contributed by atoms with E-state index in [-0.39, 0.29) is 18.1 Å². The van der Waals surface area contributed by atoms with Crippen LogP contribution in [0.2, 0.25) is 0 Å². The second-order valence-electron chi connectivity index (χ2n) is 6.45. The van der Waals surface area contributed by atoms with Crippen LogP contribution in [0.25, 0.3) is 0 Å². The molecule has 8 nitrogen and oxygen atoms in total. The first-order valence-corrected chi connectivity index (χ1v) is 8.21. The minimum atomic E-state index is -0.157. The van der Waals surface area contributed by atoms with E-state index in [9.17, 15) is 4.79 Å². The van der Waals surface area contributed by atoms with Crippen LogP contribution in [0.4, 0.5) is 0 Å². The molecule has 2 fully saturated rings. The molecule has 8 heteroatoms. The maximum Gasteiger partial charge on any atom is 0.256 e. The molecule has 2 aromatic heterocycles. The van der Waals surface area contributed by atoms with E-state index < -0.39 is 0 Å². The van der Waals surface area contributed by atoms with Gasteiger partial charge in [-0.2, -0.15) is 15.3 Å². The number of carbonyl (C=O) groups is 1. The van der Waals surface area contributed by atoms with Crippen molar-refractivity contribution in [1.29, 1.82) is 0 Å². The lowest BCUT2D eigenvalue weighted by atomic mass is 10.1. The third-order valence-electron chi connectivity index (χ3n) is 4.77. The molecule has 0 aromatic carbocycles. The zero-order valence-electron chi connectivity index (χ0n) is 13.8. The normalized spacial score (nSPS) is 23.7. The van der Waals surface area contributed by atoms with Crippen LogP contribution in [0, 0.1) is 6.92 Å². The van der Waals surface area contributed by atoms with E-state index in [1.54, 1.807) is 31.2 Å². The molecule has 1 amide bonds. The van der Waals surface area contributed by atoms with Crippen molar-refractivity contribution in [2.24, 2.45) is 0 Å². The molecule has 1 aliphatic carbocycles. The van der Waals surface area contributed by atoms with Crippen LogP contribution >= 0.6 is 0 Å². The number of aromatic amines is 1. The molecule has 2 aliphatic rings. The lowest BCUT2D eigenvalue weighted by Crippen LogP contribution is -2.33. The lowest BCUT2D eigenvalue weighted by Gasteiger charge is -2.23. The highest BCUT2D eigenvalue weighted by atomic mass is 16.5. The summed E-state index contributed by atoms with van der Waals surface area (Å²) in [7, 11) is 1.67. The zero-order valence-corrected chi connectivity index (χ0v) is 13.8. The summed E-state index contributed by atoms with van der Waals surface area (Å²) >= 11 is 0. The fraction of sp³-hybridized carbons (Fsp3) is 0.562. The Morgan fingerprint density at radius 1 is 1.42 bits per heavy atom. The van der Waals surface area contributed by atoms with Gasteiger partial charge in [-0.3, -0.25) is 9.89 Å². The van der Waals surface area contributed by atoms with Gasteiger partial charge in [0.2, 0.25) is 0 Å². The smallest absolute Gasteiger partial charge is 0.256 e. The van der Waals surface area contributed by atoms with Gasteiger partial charge in [0, 0.05) is 26.0 Å². The summed E-state index contributed by atoms with van der Waals surface area (Å²) in [6.07, 6.45) is 4.53. The van der Waals surface area contributed by atoms with Crippen molar-refractivity contribution in [3.8, 4) is 0 Å². The van der Waals surface area contributed by atoms with Crippen LogP contribution in [0.5, 0.6) is 0 Å². The summed E-state index contributed by atoms with van der Waals surface area (Å²) in [5.74, 6) is 2.01. The van der Waals surface area contributed by atoms with Gasteiger partial charge in [-0.25, -0.2) is 4.98 Å². The van der Waals surface area contributed by atoms with Crippen molar-refractivity contribution >= 4 is 5.91 Å². The molecule has 24 heavy (non-hydrogen) atoms. The van der Waals surface area contributed by atoms with E-state index >= 15 is 0 Å². The van der Waals surface area contributed by atoms with Gasteiger partial charge in [0.15, 0.2) is 5.82 Å². The van der Waals surface area contributed by atoms with E-state index in [2.05, 4.69) is 25.4 Å². The first kappa shape index (κ1) is 15.2. The third-order valence-corrected chi connectivity index (χ3v) is 4.77. The van der Waals surface area contributed by atoms with Crippen molar-refractivity contribution in [3.05, 3.63) is 35.2 Å². The molecule has 1 aliphatic heterocycles. The molecule has 0 spiro atoms.